The molecule has 0 saturated carbocycles. The Kier molecular flexibility index (Phi) is 5.20. The van der Waals surface area contributed by atoms with E-state index < -0.39 is 0 Å². The van der Waals surface area contributed by atoms with Crippen LogP contribution >= 0.6 is 11.3 Å². The summed E-state index contributed by atoms with van der Waals surface area (Å²) in [4.78, 5) is 35.1. The molecule has 0 bridgehead atoms. The van der Waals surface area contributed by atoms with Crippen LogP contribution < -0.4 is 10.2 Å². The average molecular weight is 470 g/mol. The zero-order valence-electron chi connectivity index (χ0n) is 18.7. The highest BCUT2D eigenvalue weighted by Gasteiger charge is 2.16. The van der Waals surface area contributed by atoms with E-state index >= 15 is 0 Å². The Bertz CT molecular complexity index is 1450. The summed E-state index contributed by atoms with van der Waals surface area (Å²) in [6, 6.07) is 9.90. The molecule has 1 aliphatic rings. The van der Waals surface area contributed by atoms with Crippen molar-refractivity contribution >= 4 is 49.9 Å². The number of thiophene rings is 1. The lowest BCUT2D eigenvalue weighted by Gasteiger charge is -2.33. The molecule has 8 nitrogen and oxygen atoms in total. The number of piperazine rings is 1. The number of rotatable bonds is 4. The first kappa shape index (κ1) is 20.8. The minimum absolute atomic E-state index is 0.212. The highest BCUT2D eigenvalue weighted by molar-refractivity contribution is 7.22. The molecule has 1 fully saturated rings. The number of nitrogens with zero attached hydrogens (tertiary/aromatic N) is 5. The van der Waals surface area contributed by atoms with Crippen LogP contribution in [-0.4, -0.2) is 64.0 Å². The maximum atomic E-state index is 13.0. The monoisotopic (exact) mass is 469 g/mol. The Morgan fingerprint density at radius 1 is 1.06 bits per heavy atom. The molecule has 0 aliphatic carbocycles. The van der Waals surface area contributed by atoms with E-state index in [1.165, 1.54) is 0 Å². The summed E-state index contributed by atoms with van der Waals surface area (Å²) in [7, 11) is 2.13. The fourth-order valence-corrected chi connectivity index (χ4v) is 5.29. The first-order valence-electron chi connectivity index (χ1n) is 11.2. The fraction of sp³-hybridized carbons (Fsp3) is 0.200. The van der Waals surface area contributed by atoms with E-state index in [1.807, 2.05) is 36.7 Å². The SMILES string of the molecule is CN1CCN(c2ccc(NC(=O)c3cnc4[nH]cc(-c5cc6ccncc6s5)c4c3)cn2)CC1. The van der Waals surface area contributed by atoms with Gasteiger partial charge in [-0.2, -0.15) is 0 Å². The lowest BCUT2D eigenvalue weighted by atomic mass is 10.1. The summed E-state index contributed by atoms with van der Waals surface area (Å²) in [6.07, 6.45) is 8.92. The third kappa shape index (κ3) is 3.89. The third-order valence-electron chi connectivity index (χ3n) is 6.21. The first-order chi connectivity index (χ1) is 16.6. The Labute approximate surface area is 200 Å². The number of aromatic nitrogens is 4. The van der Waals surface area contributed by atoms with Crippen molar-refractivity contribution < 1.29 is 4.79 Å². The van der Waals surface area contributed by atoms with Gasteiger partial charge in [-0.15, -0.1) is 11.3 Å². The number of amides is 1. The average Bonchev–Trinajstić information content (AvgIpc) is 3.48. The Morgan fingerprint density at radius 2 is 1.94 bits per heavy atom. The van der Waals surface area contributed by atoms with Crippen molar-refractivity contribution in [2.45, 2.75) is 0 Å². The van der Waals surface area contributed by atoms with Crippen molar-refractivity contribution in [1.29, 1.82) is 0 Å². The van der Waals surface area contributed by atoms with E-state index in [1.54, 1.807) is 29.9 Å². The largest absolute Gasteiger partial charge is 0.354 e. The van der Waals surface area contributed by atoms with Crippen LogP contribution in [0.5, 0.6) is 0 Å². The van der Waals surface area contributed by atoms with Crippen molar-refractivity contribution in [3.8, 4) is 10.4 Å². The van der Waals surface area contributed by atoms with Crippen molar-refractivity contribution in [2.24, 2.45) is 0 Å². The number of pyridine rings is 3. The van der Waals surface area contributed by atoms with Gasteiger partial charge in [0.1, 0.15) is 11.5 Å². The van der Waals surface area contributed by atoms with Crippen LogP contribution in [0.1, 0.15) is 10.4 Å². The van der Waals surface area contributed by atoms with Crippen molar-refractivity contribution in [3.05, 3.63) is 66.9 Å². The van der Waals surface area contributed by atoms with Gasteiger partial charge in [-0.1, -0.05) is 0 Å². The van der Waals surface area contributed by atoms with Crippen LogP contribution in [0.15, 0.2) is 61.3 Å². The molecule has 1 amide bonds. The fourth-order valence-electron chi connectivity index (χ4n) is 4.23. The molecule has 170 valence electrons. The molecule has 0 atom stereocenters. The van der Waals surface area contributed by atoms with Crippen molar-refractivity contribution in [1.82, 2.24) is 24.8 Å². The van der Waals surface area contributed by atoms with Crippen LogP contribution in [0.4, 0.5) is 11.5 Å². The van der Waals surface area contributed by atoms with Gasteiger partial charge in [-0.25, -0.2) is 9.97 Å². The highest BCUT2D eigenvalue weighted by atomic mass is 32.1. The van der Waals surface area contributed by atoms with Crippen LogP contribution in [0, 0.1) is 0 Å². The number of H-pyrrole nitrogens is 1. The number of carbonyl (C=O) groups is 1. The van der Waals surface area contributed by atoms with E-state index in [4.69, 9.17) is 0 Å². The van der Waals surface area contributed by atoms with Gasteiger partial charge in [0.05, 0.1) is 22.1 Å². The van der Waals surface area contributed by atoms with Gasteiger partial charge in [-0.05, 0) is 42.8 Å². The van der Waals surface area contributed by atoms with Crippen LogP contribution in [-0.2, 0) is 0 Å². The van der Waals surface area contributed by atoms with Gasteiger partial charge < -0.3 is 20.1 Å². The minimum atomic E-state index is -0.212. The summed E-state index contributed by atoms with van der Waals surface area (Å²) in [6.45, 7) is 3.96. The molecule has 9 heteroatoms. The quantitative estimate of drug-likeness (QED) is 0.409. The molecule has 0 radical (unpaired) electrons. The molecule has 0 spiro atoms. The van der Waals surface area contributed by atoms with E-state index in [0.29, 0.717) is 11.3 Å². The maximum Gasteiger partial charge on any atom is 0.257 e. The minimum Gasteiger partial charge on any atom is -0.354 e. The van der Waals surface area contributed by atoms with Gasteiger partial charge in [0, 0.05) is 66.8 Å². The topological polar surface area (TPSA) is 90.0 Å². The lowest BCUT2D eigenvalue weighted by molar-refractivity contribution is 0.102. The van der Waals surface area contributed by atoms with Gasteiger partial charge in [0.2, 0.25) is 0 Å². The number of nitrogens with one attached hydrogen (secondary N) is 2. The van der Waals surface area contributed by atoms with E-state index in [9.17, 15) is 4.79 Å². The van der Waals surface area contributed by atoms with E-state index in [-0.39, 0.29) is 5.91 Å². The summed E-state index contributed by atoms with van der Waals surface area (Å²) in [5, 5.41) is 5.01. The number of anilines is 2. The molecular weight excluding hydrogens is 446 g/mol. The number of hydrogen-bond acceptors (Lipinski definition) is 7. The van der Waals surface area contributed by atoms with Crippen LogP contribution in [0.3, 0.4) is 0 Å². The van der Waals surface area contributed by atoms with Gasteiger partial charge >= 0.3 is 0 Å². The highest BCUT2D eigenvalue weighted by Crippen LogP contribution is 2.36. The van der Waals surface area contributed by atoms with E-state index in [2.05, 4.69) is 48.2 Å². The van der Waals surface area contributed by atoms with Crippen molar-refractivity contribution in [3.63, 3.8) is 0 Å². The smallest absolute Gasteiger partial charge is 0.257 e. The maximum absolute atomic E-state index is 13.0. The normalized spacial score (nSPS) is 14.7. The second-order valence-electron chi connectivity index (χ2n) is 8.50. The number of aromatic amines is 1. The van der Waals surface area contributed by atoms with Crippen LogP contribution in [0.25, 0.3) is 31.6 Å². The molecule has 1 saturated heterocycles. The van der Waals surface area contributed by atoms with Gasteiger partial charge in [-0.3, -0.25) is 9.78 Å². The van der Waals surface area contributed by atoms with Gasteiger partial charge in [0.25, 0.3) is 5.91 Å². The second kappa shape index (κ2) is 8.51. The Morgan fingerprint density at radius 3 is 2.74 bits per heavy atom. The molecule has 0 unspecified atom stereocenters. The zero-order valence-corrected chi connectivity index (χ0v) is 19.5. The summed E-state index contributed by atoms with van der Waals surface area (Å²) >= 11 is 1.67. The van der Waals surface area contributed by atoms with E-state index in [0.717, 1.165) is 63.6 Å². The second-order valence-corrected chi connectivity index (χ2v) is 9.58. The predicted octanol–water partition coefficient (Wildman–Crippen LogP) is 4.24. The molecule has 5 aromatic rings. The molecule has 6 heterocycles. The zero-order chi connectivity index (χ0) is 23.1. The lowest BCUT2D eigenvalue weighted by Crippen LogP contribution is -2.44. The Balaban J connectivity index is 1.23. The molecule has 34 heavy (non-hydrogen) atoms. The third-order valence-corrected chi connectivity index (χ3v) is 7.33. The standard InChI is InChI=1S/C25H23N7OS/c1-31-6-8-32(9-7-31)23-3-2-18(13-27-23)30-25(33)17-10-19-20(14-29-24(19)28-12-17)21-11-16-4-5-26-15-22(16)34-21/h2-5,10-15H,6-9H2,1H3,(H,28,29)(H,30,33). The van der Waals surface area contributed by atoms with Gasteiger partial charge in [0.15, 0.2) is 0 Å². The number of carbonyl (C=O) groups excluding carboxylic acids is 1. The Hall–Kier alpha value is -3.82. The van der Waals surface area contributed by atoms with Crippen LogP contribution in [0.2, 0.25) is 0 Å². The summed E-state index contributed by atoms with van der Waals surface area (Å²) in [5.74, 6) is 0.723. The number of hydrogen-bond donors (Lipinski definition) is 2. The molecule has 6 rings (SSSR count). The molecular formula is C25H23N7OS. The summed E-state index contributed by atoms with van der Waals surface area (Å²) < 4.78 is 1.13. The molecule has 0 aromatic carbocycles. The molecule has 2 N–H and O–H groups in total. The first-order valence-corrected chi connectivity index (χ1v) is 12.0. The van der Waals surface area contributed by atoms with Crippen molar-refractivity contribution in [2.75, 3.05) is 43.4 Å². The molecule has 1 aliphatic heterocycles. The number of fused-ring (bicyclic) bond motifs is 2. The molecule has 5 aromatic heterocycles. The number of likely N-dealkylation sites (N-methyl/N-ethyl adjacent to an activating group) is 1. The summed E-state index contributed by atoms with van der Waals surface area (Å²) in [5.41, 5.74) is 2.94. The predicted molar refractivity (Wildman–Crippen MR) is 137 cm³/mol.